The Morgan fingerprint density at radius 3 is 3.00 bits per heavy atom. The zero-order valence-electron chi connectivity index (χ0n) is 8.50. The van der Waals surface area contributed by atoms with Crippen LogP contribution < -0.4 is 0 Å². The maximum Gasteiger partial charge on any atom is 0.163 e. The molecule has 15 heavy (non-hydrogen) atoms. The number of carbonyl (C=O) groups excluding carboxylic acids is 1. The van der Waals surface area contributed by atoms with Crippen LogP contribution in [0.15, 0.2) is 18.2 Å². The summed E-state index contributed by atoms with van der Waals surface area (Å²) in [5.74, 6) is 0.875. The SMILES string of the molecule is O=C1C[C@H]2CCC[C@@H]2c2ccc(F)cc21. The highest BCUT2D eigenvalue weighted by atomic mass is 19.1. The Hall–Kier alpha value is -1.18. The highest BCUT2D eigenvalue weighted by Gasteiger charge is 2.36. The monoisotopic (exact) mass is 204 g/mol. The number of halogens is 1. The van der Waals surface area contributed by atoms with Crippen molar-refractivity contribution in [2.75, 3.05) is 0 Å². The van der Waals surface area contributed by atoms with Crippen molar-refractivity contribution in [3.05, 3.63) is 35.1 Å². The van der Waals surface area contributed by atoms with E-state index in [0.29, 0.717) is 23.8 Å². The predicted molar refractivity (Wildman–Crippen MR) is 55.4 cm³/mol. The first-order valence-electron chi connectivity index (χ1n) is 5.58. The van der Waals surface area contributed by atoms with Crippen LogP contribution in [0.4, 0.5) is 4.39 Å². The number of hydrogen-bond donors (Lipinski definition) is 0. The molecule has 0 radical (unpaired) electrons. The minimum Gasteiger partial charge on any atom is -0.294 e. The summed E-state index contributed by atoms with van der Waals surface area (Å²) in [5.41, 5.74) is 1.73. The van der Waals surface area contributed by atoms with Crippen molar-refractivity contribution >= 4 is 5.78 Å². The zero-order valence-corrected chi connectivity index (χ0v) is 8.50. The van der Waals surface area contributed by atoms with Crippen molar-refractivity contribution in [1.82, 2.24) is 0 Å². The van der Waals surface area contributed by atoms with E-state index in [1.54, 1.807) is 0 Å². The van der Waals surface area contributed by atoms with E-state index in [9.17, 15) is 9.18 Å². The van der Waals surface area contributed by atoms with Gasteiger partial charge in [0.25, 0.3) is 0 Å². The first kappa shape index (κ1) is 9.08. The van der Waals surface area contributed by atoms with Crippen LogP contribution in [-0.4, -0.2) is 5.78 Å². The van der Waals surface area contributed by atoms with Crippen LogP contribution in [0.2, 0.25) is 0 Å². The molecule has 1 nitrogen and oxygen atoms in total. The molecule has 2 atom stereocenters. The number of carbonyl (C=O) groups is 1. The molecule has 3 rings (SSSR count). The summed E-state index contributed by atoms with van der Waals surface area (Å²) in [6, 6.07) is 4.70. The topological polar surface area (TPSA) is 17.1 Å². The average molecular weight is 204 g/mol. The van der Waals surface area contributed by atoms with Crippen LogP contribution in [-0.2, 0) is 0 Å². The highest BCUT2D eigenvalue weighted by Crippen LogP contribution is 2.46. The Labute approximate surface area is 88.3 Å². The first-order chi connectivity index (χ1) is 7.25. The van der Waals surface area contributed by atoms with Gasteiger partial charge in [-0.3, -0.25) is 4.79 Å². The van der Waals surface area contributed by atoms with E-state index >= 15 is 0 Å². The molecule has 1 fully saturated rings. The third kappa shape index (κ3) is 1.31. The smallest absolute Gasteiger partial charge is 0.163 e. The second-order valence-corrected chi connectivity index (χ2v) is 4.66. The molecule has 0 N–H and O–H groups in total. The third-order valence-corrected chi connectivity index (χ3v) is 3.82. The molecule has 1 aromatic rings. The van der Waals surface area contributed by atoms with Crippen LogP contribution in [0.1, 0.15) is 47.5 Å². The summed E-state index contributed by atoms with van der Waals surface area (Å²) in [6.07, 6.45) is 4.16. The van der Waals surface area contributed by atoms with Crippen LogP contribution in [0.25, 0.3) is 0 Å². The lowest BCUT2D eigenvalue weighted by atomic mass is 9.76. The third-order valence-electron chi connectivity index (χ3n) is 3.82. The van der Waals surface area contributed by atoms with Crippen molar-refractivity contribution < 1.29 is 9.18 Å². The van der Waals surface area contributed by atoms with Gasteiger partial charge in [-0.25, -0.2) is 4.39 Å². The molecule has 2 aliphatic rings. The Balaban J connectivity index is 2.14. The summed E-state index contributed by atoms with van der Waals surface area (Å²) < 4.78 is 13.1. The Morgan fingerprint density at radius 2 is 2.13 bits per heavy atom. The lowest BCUT2D eigenvalue weighted by Gasteiger charge is -2.27. The molecule has 1 aromatic carbocycles. The lowest BCUT2D eigenvalue weighted by molar-refractivity contribution is 0.0943. The molecule has 0 unspecified atom stereocenters. The standard InChI is InChI=1S/C13H13FO/c14-9-4-5-11-10-3-1-2-8(10)6-13(15)12(11)7-9/h4-5,7-8,10H,1-3,6H2/t8-,10+/m1/s1. The van der Waals surface area contributed by atoms with E-state index in [2.05, 4.69) is 0 Å². The summed E-state index contributed by atoms with van der Waals surface area (Å²) in [6.45, 7) is 0. The first-order valence-corrected chi connectivity index (χ1v) is 5.58. The molecule has 0 aliphatic heterocycles. The Kier molecular flexibility index (Phi) is 1.91. The number of Topliss-reactive ketones (excluding diaryl/α,β-unsaturated/α-hetero) is 1. The summed E-state index contributed by atoms with van der Waals surface area (Å²) in [4.78, 5) is 11.8. The molecule has 78 valence electrons. The number of hydrogen-bond acceptors (Lipinski definition) is 1. The quantitative estimate of drug-likeness (QED) is 0.633. The van der Waals surface area contributed by atoms with Crippen LogP contribution in [0.3, 0.4) is 0 Å². The fraction of sp³-hybridized carbons (Fsp3) is 0.462. The molecule has 0 spiro atoms. The summed E-state index contributed by atoms with van der Waals surface area (Å²) in [7, 11) is 0. The molecular weight excluding hydrogens is 191 g/mol. The van der Waals surface area contributed by atoms with Crippen LogP contribution in [0, 0.1) is 11.7 Å². The molecule has 0 amide bonds. The van der Waals surface area contributed by atoms with Crippen LogP contribution >= 0.6 is 0 Å². The van der Waals surface area contributed by atoms with E-state index in [1.807, 2.05) is 6.07 Å². The van der Waals surface area contributed by atoms with Gasteiger partial charge in [0.2, 0.25) is 0 Å². The van der Waals surface area contributed by atoms with Gasteiger partial charge < -0.3 is 0 Å². The van der Waals surface area contributed by atoms with E-state index in [0.717, 1.165) is 18.4 Å². The van der Waals surface area contributed by atoms with Crippen molar-refractivity contribution in [1.29, 1.82) is 0 Å². The molecule has 0 aromatic heterocycles. The van der Waals surface area contributed by atoms with E-state index in [-0.39, 0.29) is 11.6 Å². The summed E-state index contributed by atoms with van der Waals surface area (Å²) >= 11 is 0. The van der Waals surface area contributed by atoms with Gasteiger partial charge in [0, 0.05) is 12.0 Å². The largest absolute Gasteiger partial charge is 0.294 e. The van der Waals surface area contributed by atoms with Crippen molar-refractivity contribution in [3.63, 3.8) is 0 Å². The normalized spacial score (nSPS) is 28.7. The second kappa shape index (κ2) is 3.16. The van der Waals surface area contributed by atoms with Gasteiger partial charge >= 0.3 is 0 Å². The van der Waals surface area contributed by atoms with Gasteiger partial charge in [0.05, 0.1) is 0 Å². The van der Waals surface area contributed by atoms with Crippen LogP contribution in [0.5, 0.6) is 0 Å². The molecule has 0 heterocycles. The molecule has 0 saturated heterocycles. The maximum atomic E-state index is 13.1. The fourth-order valence-corrected chi connectivity index (χ4v) is 3.13. The van der Waals surface area contributed by atoms with Crippen molar-refractivity contribution in [2.24, 2.45) is 5.92 Å². The van der Waals surface area contributed by atoms with Gasteiger partial charge in [-0.2, -0.15) is 0 Å². The Morgan fingerprint density at radius 1 is 1.27 bits per heavy atom. The van der Waals surface area contributed by atoms with Crippen molar-refractivity contribution in [2.45, 2.75) is 31.6 Å². The molecule has 0 bridgehead atoms. The van der Waals surface area contributed by atoms with E-state index in [1.165, 1.54) is 18.6 Å². The van der Waals surface area contributed by atoms with E-state index < -0.39 is 0 Å². The van der Waals surface area contributed by atoms with Gasteiger partial charge in [-0.15, -0.1) is 0 Å². The highest BCUT2D eigenvalue weighted by molar-refractivity contribution is 5.99. The molecule has 2 heteroatoms. The van der Waals surface area contributed by atoms with Gasteiger partial charge in [-0.1, -0.05) is 12.5 Å². The fourth-order valence-electron chi connectivity index (χ4n) is 3.13. The number of benzene rings is 1. The predicted octanol–water partition coefficient (Wildman–Crippen LogP) is 3.30. The molecule has 1 saturated carbocycles. The van der Waals surface area contributed by atoms with Gasteiger partial charge in [0.15, 0.2) is 5.78 Å². The van der Waals surface area contributed by atoms with Crippen molar-refractivity contribution in [3.8, 4) is 0 Å². The van der Waals surface area contributed by atoms with E-state index in [4.69, 9.17) is 0 Å². The summed E-state index contributed by atoms with van der Waals surface area (Å²) in [5, 5.41) is 0. The van der Waals surface area contributed by atoms with Gasteiger partial charge in [-0.05, 0) is 42.4 Å². The number of ketones is 1. The number of rotatable bonds is 0. The molecule has 2 aliphatic carbocycles. The zero-order chi connectivity index (χ0) is 10.4. The minimum absolute atomic E-state index is 0.132. The Bertz CT molecular complexity index is 425. The average Bonchev–Trinajstić information content (AvgIpc) is 2.66. The number of fused-ring (bicyclic) bond motifs is 3. The second-order valence-electron chi connectivity index (χ2n) is 4.66. The van der Waals surface area contributed by atoms with Gasteiger partial charge in [0.1, 0.15) is 5.82 Å². The minimum atomic E-state index is -0.293. The maximum absolute atomic E-state index is 13.1. The lowest BCUT2D eigenvalue weighted by Crippen LogP contribution is -2.21. The molecular formula is C13H13FO.